The quantitative estimate of drug-likeness (QED) is 0.496. The highest BCUT2D eigenvalue weighted by Crippen LogP contribution is 2.39. The molecule has 7 rings (SSSR count). The number of piperazine rings is 1. The van der Waals surface area contributed by atoms with E-state index in [1.54, 1.807) is 6.33 Å². The molecule has 0 aliphatic carbocycles. The number of fused-ring (bicyclic) bond motifs is 4. The van der Waals surface area contributed by atoms with Crippen molar-refractivity contribution in [3.05, 3.63) is 41.3 Å². The molecule has 4 aromatic rings. The predicted molar refractivity (Wildman–Crippen MR) is 133 cm³/mol. The number of hydrogen-bond donors (Lipinski definition) is 1. The summed E-state index contributed by atoms with van der Waals surface area (Å²) in [4.78, 5) is 18.5. The van der Waals surface area contributed by atoms with Gasteiger partial charge in [0, 0.05) is 48.5 Å². The van der Waals surface area contributed by atoms with E-state index in [-0.39, 0.29) is 0 Å². The van der Waals surface area contributed by atoms with Crippen molar-refractivity contribution in [3.63, 3.8) is 0 Å². The van der Waals surface area contributed by atoms with Crippen molar-refractivity contribution in [2.24, 2.45) is 0 Å². The lowest BCUT2D eigenvalue weighted by atomic mass is 9.86. The number of H-pyrrole nitrogens is 1. The molecule has 7 heteroatoms. The van der Waals surface area contributed by atoms with Crippen LogP contribution in [-0.2, 0) is 0 Å². The molecule has 3 saturated heterocycles. The lowest BCUT2D eigenvalue weighted by molar-refractivity contribution is -0.0273. The van der Waals surface area contributed by atoms with Crippen LogP contribution in [0, 0.1) is 13.8 Å². The summed E-state index contributed by atoms with van der Waals surface area (Å²) in [6.45, 7) is 15.6. The first-order chi connectivity index (χ1) is 15.8. The second-order valence-electron chi connectivity index (χ2n) is 10.4. The van der Waals surface area contributed by atoms with Gasteiger partial charge >= 0.3 is 0 Å². The fourth-order valence-electron chi connectivity index (χ4n) is 6.15. The van der Waals surface area contributed by atoms with Gasteiger partial charge in [0.25, 0.3) is 0 Å². The maximum absolute atomic E-state index is 5.24. The maximum atomic E-state index is 5.24. The van der Waals surface area contributed by atoms with Gasteiger partial charge in [-0.15, -0.1) is 0 Å². The van der Waals surface area contributed by atoms with Gasteiger partial charge in [-0.25, -0.2) is 14.5 Å². The van der Waals surface area contributed by atoms with Crippen molar-refractivity contribution in [2.75, 3.05) is 18.0 Å². The molecule has 7 heterocycles. The summed E-state index contributed by atoms with van der Waals surface area (Å²) in [5.74, 6) is 1.45. The number of hydrogen-bond acceptors (Lipinski definition) is 5. The SMILES string of the molecule is Cc1c(-c2[nH]c3ccc(N4C[C@H]5C[C@@H](C4)N5C(C)C)nc3c2C(C)C)cn2ncnc2c1C. The molecule has 7 nitrogen and oxygen atoms in total. The second-order valence-corrected chi connectivity index (χ2v) is 10.4. The Balaban J connectivity index is 1.44. The van der Waals surface area contributed by atoms with Crippen LogP contribution in [0.3, 0.4) is 0 Å². The van der Waals surface area contributed by atoms with Gasteiger partial charge in [-0.3, -0.25) is 4.90 Å². The summed E-state index contributed by atoms with van der Waals surface area (Å²) in [7, 11) is 0. The van der Waals surface area contributed by atoms with Gasteiger partial charge in [0.1, 0.15) is 12.1 Å². The van der Waals surface area contributed by atoms with Gasteiger partial charge in [0.05, 0.1) is 16.7 Å². The number of nitrogens with zero attached hydrogens (tertiary/aromatic N) is 6. The van der Waals surface area contributed by atoms with Gasteiger partial charge < -0.3 is 9.88 Å². The third-order valence-electron chi connectivity index (χ3n) is 7.81. The van der Waals surface area contributed by atoms with E-state index >= 15 is 0 Å². The lowest BCUT2D eigenvalue weighted by Crippen LogP contribution is -2.70. The highest BCUT2D eigenvalue weighted by Gasteiger charge is 2.45. The van der Waals surface area contributed by atoms with Crippen molar-refractivity contribution in [2.45, 2.75) is 72.0 Å². The summed E-state index contributed by atoms with van der Waals surface area (Å²) < 4.78 is 1.88. The highest BCUT2D eigenvalue weighted by atomic mass is 15.4. The van der Waals surface area contributed by atoms with E-state index in [0.29, 0.717) is 24.0 Å². The molecule has 3 fully saturated rings. The van der Waals surface area contributed by atoms with Crippen molar-refractivity contribution in [1.29, 1.82) is 0 Å². The third-order valence-corrected chi connectivity index (χ3v) is 7.81. The monoisotopic (exact) mass is 443 g/mol. The standard InChI is InChI=1S/C26H33N7/c1-14(2)23-24(20-12-32-26(27-13-28-32)17(6)16(20)5)29-21-7-8-22(30-25(21)23)31-10-18-9-19(11-31)33(18)15(3)4/h7-8,12-15,18-19,29H,9-11H2,1-6H3/t18-,19+. The Morgan fingerprint density at radius 2 is 1.79 bits per heavy atom. The van der Waals surface area contributed by atoms with E-state index in [4.69, 9.17) is 4.98 Å². The van der Waals surface area contributed by atoms with E-state index in [1.807, 2.05) is 4.52 Å². The molecule has 172 valence electrons. The van der Waals surface area contributed by atoms with Gasteiger partial charge in [0.2, 0.25) is 0 Å². The Bertz CT molecular complexity index is 1350. The van der Waals surface area contributed by atoms with E-state index in [2.05, 4.69) is 84.7 Å². The summed E-state index contributed by atoms with van der Waals surface area (Å²) in [5.41, 5.74) is 9.09. The molecule has 0 amide bonds. The Morgan fingerprint density at radius 1 is 1.03 bits per heavy atom. The van der Waals surface area contributed by atoms with Crippen LogP contribution in [0.25, 0.3) is 27.9 Å². The van der Waals surface area contributed by atoms with E-state index in [9.17, 15) is 0 Å². The van der Waals surface area contributed by atoms with Crippen molar-refractivity contribution in [1.82, 2.24) is 29.5 Å². The smallest absolute Gasteiger partial charge is 0.158 e. The molecule has 0 spiro atoms. The molecule has 0 unspecified atom stereocenters. The molecule has 1 N–H and O–H groups in total. The van der Waals surface area contributed by atoms with E-state index < -0.39 is 0 Å². The Morgan fingerprint density at radius 3 is 2.48 bits per heavy atom. The fourth-order valence-corrected chi connectivity index (χ4v) is 6.15. The zero-order valence-electron chi connectivity index (χ0n) is 20.4. The van der Waals surface area contributed by atoms with Crippen molar-refractivity contribution in [3.8, 4) is 11.3 Å². The fraction of sp³-hybridized carbons (Fsp3) is 0.500. The van der Waals surface area contributed by atoms with E-state index in [0.717, 1.165) is 46.8 Å². The Kier molecular flexibility index (Phi) is 4.56. The molecule has 3 aliphatic heterocycles. The Labute approximate surface area is 194 Å². The third kappa shape index (κ3) is 3.01. The number of anilines is 1. The number of aryl methyl sites for hydroxylation is 1. The average Bonchev–Trinajstić information content (AvgIpc) is 3.39. The first-order valence-electron chi connectivity index (χ1n) is 12.2. The molecule has 2 atom stereocenters. The van der Waals surface area contributed by atoms with Gasteiger partial charge in [-0.05, 0) is 63.3 Å². The minimum atomic E-state index is 0.342. The van der Waals surface area contributed by atoms with Crippen LogP contribution in [0.5, 0.6) is 0 Å². The number of rotatable bonds is 4. The van der Waals surface area contributed by atoms with Crippen LogP contribution in [0.2, 0.25) is 0 Å². The summed E-state index contributed by atoms with van der Waals surface area (Å²) >= 11 is 0. The van der Waals surface area contributed by atoms with Crippen LogP contribution < -0.4 is 4.90 Å². The molecular weight excluding hydrogens is 410 g/mol. The normalized spacial score (nSPS) is 21.0. The number of aromatic amines is 1. The summed E-state index contributed by atoms with van der Waals surface area (Å²) in [5, 5.41) is 4.41. The minimum Gasteiger partial charge on any atom is -0.353 e. The Hall–Kier alpha value is -2.93. The number of piperidine rings is 1. The predicted octanol–water partition coefficient (Wildman–Crippen LogP) is 4.68. The van der Waals surface area contributed by atoms with Gasteiger partial charge in [0.15, 0.2) is 5.65 Å². The molecule has 2 bridgehead atoms. The minimum absolute atomic E-state index is 0.342. The highest BCUT2D eigenvalue weighted by molar-refractivity contribution is 5.90. The molecule has 4 aromatic heterocycles. The molecular formula is C26H33N7. The molecule has 33 heavy (non-hydrogen) atoms. The second kappa shape index (κ2) is 7.29. The van der Waals surface area contributed by atoms with Crippen molar-refractivity contribution >= 4 is 22.5 Å². The van der Waals surface area contributed by atoms with Gasteiger partial charge in [-0.1, -0.05) is 13.8 Å². The number of pyridine rings is 2. The molecule has 0 saturated carbocycles. The summed E-state index contributed by atoms with van der Waals surface area (Å²) in [6, 6.07) is 6.35. The van der Waals surface area contributed by atoms with Crippen LogP contribution in [-0.4, -0.2) is 60.7 Å². The average molecular weight is 444 g/mol. The maximum Gasteiger partial charge on any atom is 0.158 e. The van der Waals surface area contributed by atoms with Crippen LogP contribution >= 0.6 is 0 Å². The topological polar surface area (TPSA) is 65.4 Å². The summed E-state index contributed by atoms with van der Waals surface area (Å²) in [6.07, 6.45) is 5.05. The van der Waals surface area contributed by atoms with Crippen LogP contribution in [0.15, 0.2) is 24.7 Å². The molecule has 0 aromatic carbocycles. The first-order valence-corrected chi connectivity index (χ1v) is 12.2. The number of aromatic nitrogens is 5. The van der Waals surface area contributed by atoms with Crippen molar-refractivity contribution < 1.29 is 0 Å². The zero-order valence-corrected chi connectivity index (χ0v) is 20.4. The van der Waals surface area contributed by atoms with Crippen LogP contribution in [0.1, 0.15) is 56.7 Å². The van der Waals surface area contributed by atoms with E-state index in [1.165, 1.54) is 23.1 Å². The first kappa shape index (κ1) is 20.7. The molecule has 3 aliphatic rings. The van der Waals surface area contributed by atoms with Gasteiger partial charge in [-0.2, -0.15) is 5.10 Å². The lowest BCUT2D eigenvalue weighted by Gasteiger charge is -2.58. The largest absolute Gasteiger partial charge is 0.353 e. The number of nitrogens with one attached hydrogen (secondary N) is 1. The molecule has 0 radical (unpaired) electrons. The zero-order chi connectivity index (χ0) is 23.0. The van der Waals surface area contributed by atoms with Crippen LogP contribution in [0.4, 0.5) is 5.82 Å².